The highest BCUT2D eigenvalue weighted by atomic mass is 32.1. The predicted molar refractivity (Wildman–Crippen MR) is 94.6 cm³/mol. The number of para-hydroxylation sites is 1. The van der Waals surface area contributed by atoms with Gasteiger partial charge in [0.05, 0.1) is 17.2 Å². The molecule has 1 N–H and O–H groups in total. The van der Waals surface area contributed by atoms with Crippen LogP contribution in [0.1, 0.15) is 46.8 Å². The molecule has 0 saturated carbocycles. The lowest BCUT2D eigenvalue weighted by atomic mass is 10.2. The third kappa shape index (κ3) is 4.45. The standard InChI is InChI=1S/C18H18FN3O3S/c1-11(2)18-21-12(10-26-18)7-20-17(23)14-8-25-16(22-14)9-24-15-6-4-3-5-13(15)19/h3-6,8,10-11H,7,9H2,1-2H3,(H,20,23). The number of ether oxygens (including phenoxy) is 1. The number of rotatable bonds is 7. The molecule has 2 aromatic heterocycles. The Kier molecular flexibility index (Phi) is 5.62. The van der Waals surface area contributed by atoms with Crippen LogP contribution in [-0.2, 0) is 13.2 Å². The quantitative estimate of drug-likeness (QED) is 0.678. The van der Waals surface area contributed by atoms with Crippen molar-refractivity contribution in [2.45, 2.75) is 32.9 Å². The van der Waals surface area contributed by atoms with Gasteiger partial charge in [0.2, 0.25) is 5.89 Å². The molecule has 2 heterocycles. The number of aromatic nitrogens is 2. The number of halogens is 1. The van der Waals surface area contributed by atoms with E-state index < -0.39 is 5.82 Å². The van der Waals surface area contributed by atoms with E-state index >= 15 is 0 Å². The SMILES string of the molecule is CC(C)c1nc(CNC(=O)c2coc(COc3ccccc3F)n2)cs1. The minimum atomic E-state index is -0.471. The summed E-state index contributed by atoms with van der Waals surface area (Å²) in [5, 5.41) is 5.70. The Morgan fingerprint density at radius 3 is 2.88 bits per heavy atom. The summed E-state index contributed by atoms with van der Waals surface area (Å²) in [6.07, 6.45) is 1.25. The van der Waals surface area contributed by atoms with Crippen molar-refractivity contribution in [1.29, 1.82) is 0 Å². The first-order valence-electron chi connectivity index (χ1n) is 8.07. The van der Waals surface area contributed by atoms with Gasteiger partial charge in [-0.3, -0.25) is 4.79 Å². The Morgan fingerprint density at radius 2 is 2.15 bits per heavy atom. The zero-order chi connectivity index (χ0) is 18.5. The molecule has 0 fully saturated rings. The molecule has 0 saturated heterocycles. The number of oxazole rings is 1. The molecule has 0 spiro atoms. The maximum absolute atomic E-state index is 13.5. The molecular weight excluding hydrogens is 357 g/mol. The zero-order valence-corrected chi connectivity index (χ0v) is 15.2. The summed E-state index contributed by atoms with van der Waals surface area (Å²) in [5.41, 5.74) is 0.940. The van der Waals surface area contributed by atoms with Crippen LogP contribution < -0.4 is 10.1 Å². The fourth-order valence-electron chi connectivity index (χ4n) is 2.11. The smallest absolute Gasteiger partial charge is 0.273 e. The van der Waals surface area contributed by atoms with Crippen molar-refractivity contribution in [2.24, 2.45) is 0 Å². The molecule has 0 aliphatic heterocycles. The molecule has 6 nitrogen and oxygen atoms in total. The van der Waals surface area contributed by atoms with Crippen molar-refractivity contribution in [3.8, 4) is 5.75 Å². The van der Waals surface area contributed by atoms with E-state index in [0.717, 1.165) is 10.7 Å². The molecule has 8 heteroatoms. The predicted octanol–water partition coefficient (Wildman–Crippen LogP) is 3.90. The summed E-state index contributed by atoms with van der Waals surface area (Å²) in [5.74, 6) is -0.196. The second-order valence-electron chi connectivity index (χ2n) is 5.86. The number of nitrogens with one attached hydrogen (secondary N) is 1. The van der Waals surface area contributed by atoms with Crippen LogP contribution >= 0.6 is 11.3 Å². The Bertz CT molecular complexity index is 891. The third-order valence-corrected chi connectivity index (χ3v) is 4.66. The van der Waals surface area contributed by atoms with Gasteiger partial charge in [-0.1, -0.05) is 26.0 Å². The van der Waals surface area contributed by atoms with E-state index in [1.165, 1.54) is 18.4 Å². The molecule has 0 radical (unpaired) electrons. The van der Waals surface area contributed by atoms with Crippen LogP contribution in [0, 0.1) is 5.82 Å². The average molecular weight is 375 g/mol. The van der Waals surface area contributed by atoms with Crippen LogP contribution in [0.2, 0.25) is 0 Å². The normalized spacial score (nSPS) is 10.9. The van der Waals surface area contributed by atoms with Gasteiger partial charge in [0, 0.05) is 11.3 Å². The van der Waals surface area contributed by atoms with Gasteiger partial charge < -0.3 is 14.5 Å². The van der Waals surface area contributed by atoms with E-state index in [2.05, 4.69) is 29.1 Å². The monoisotopic (exact) mass is 375 g/mol. The molecule has 0 unspecified atom stereocenters. The summed E-state index contributed by atoms with van der Waals surface area (Å²) in [6.45, 7) is 4.39. The third-order valence-electron chi connectivity index (χ3n) is 3.47. The van der Waals surface area contributed by atoms with Crippen molar-refractivity contribution in [3.63, 3.8) is 0 Å². The molecule has 1 aromatic carbocycles. The van der Waals surface area contributed by atoms with Gasteiger partial charge in [-0.05, 0) is 12.1 Å². The Morgan fingerprint density at radius 1 is 1.35 bits per heavy atom. The minimum absolute atomic E-state index is 0.0714. The Labute approximate surface area is 154 Å². The molecule has 0 aliphatic carbocycles. The van der Waals surface area contributed by atoms with E-state index in [1.54, 1.807) is 23.5 Å². The number of amides is 1. The molecule has 0 atom stereocenters. The summed E-state index contributed by atoms with van der Waals surface area (Å²) < 4.78 is 24.0. The fraction of sp³-hybridized carbons (Fsp3) is 0.278. The largest absolute Gasteiger partial charge is 0.481 e. The molecule has 3 rings (SSSR count). The highest BCUT2D eigenvalue weighted by Crippen LogP contribution is 2.19. The Hall–Kier alpha value is -2.74. The van der Waals surface area contributed by atoms with Gasteiger partial charge in [-0.2, -0.15) is 0 Å². The first kappa shape index (κ1) is 18.1. The molecule has 136 valence electrons. The molecule has 0 bridgehead atoms. The van der Waals surface area contributed by atoms with Crippen molar-refractivity contribution in [2.75, 3.05) is 0 Å². The zero-order valence-electron chi connectivity index (χ0n) is 14.4. The lowest BCUT2D eigenvalue weighted by Gasteiger charge is -2.03. The number of hydrogen-bond acceptors (Lipinski definition) is 6. The number of carbonyl (C=O) groups is 1. The number of nitrogens with zero attached hydrogens (tertiary/aromatic N) is 2. The van der Waals surface area contributed by atoms with Gasteiger partial charge in [0.1, 0.15) is 6.26 Å². The Balaban J connectivity index is 1.53. The van der Waals surface area contributed by atoms with E-state index in [4.69, 9.17) is 9.15 Å². The molecule has 26 heavy (non-hydrogen) atoms. The molecular formula is C18H18FN3O3S. The summed E-state index contributed by atoms with van der Waals surface area (Å²) >= 11 is 1.57. The van der Waals surface area contributed by atoms with Gasteiger partial charge in [-0.25, -0.2) is 14.4 Å². The van der Waals surface area contributed by atoms with Gasteiger partial charge in [0.15, 0.2) is 23.9 Å². The molecule has 3 aromatic rings. The second-order valence-corrected chi connectivity index (χ2v) is 6.75. The number of thiazole rings is 1. The van der Waals surface area contributed by atoms with Crippen molar-refractivity contribution < 1.29 is 18.3 Å². The highest BCUT2D eigenvalue weighted by molar-refractivity contribution is 7.09. The first-order valence-corrected chi connectivity index (χ1v) is 8.95. The first-order chi connectivity index (χ1) is 12.5. The van der Waals surface area contributed by atoms with Crippen LogP contribution in [0.15, 0.2) is 40.3 Å². The summed E-state index contributed by atoms with van der Waals surface area (Å²) in [4.78, 5) is 20.7. The van der Waals surface area contributed by atoms with Crippen molar-refractivity contribution >= 4 is 17.2 Å². The summed E-state index contributed by atoms with van der Waals surface area (Å²) in [6, 6.07) is 6.04. The van der Waals surface area contributed by atoms with Crippen molar-refractivity contribution in [3.05, 3.63) is 64.0 Å². The van der Waals surface area contributed by atoms with Gasteiger partial charge >= 0.3 is 0 Å². The fourth-order valence-corrected chi connectivity index (χ4v) is 2.95. The topological polar surface area (TPSA) is 77.2 Å². The van der Waals surface area contributed by atoms with E-state index in [0.29, 0.717) is 12.5 Å². The van der Waals surface area contributed by atoms with Crippen LogP contribution in [0.3, 0.4) is 0 Å². The number of carbonyl (C=O) groups excluding carboxylic acids is 1. The minimum Gasteiger partial charge on any atom is -0.481 e. The molecule has 0 aliphatic rings. The second kappa shape index (κ2) is 8.09. The highest BCUT2D eigenvalue weighted by Gasteiger charge is 2.14. The van der Waals surface area contributed by atoms with Gasteiger partial charge in [0.25, 0.3) is 5.91 Å². The van der Waals surface area contributed by atoms with Gasteiger partial charge in [-0.15, -0.1) is 11.3 Å². The van der Waals surface area contributed by atoms with E-state index in [1.807, 2.05) is 5.38 Å². The van der Waals surface area contributed by atoms with Crippen LogP contribution in [-0.4, -0.2) is 15.9 Å². The molecule has 1 amide bonds. The summed E-state index contributed by atoms with van der Waals surface area (Å²) in [7, 11) is 0. The maximum atomic E-state index is 13.5. The van der Waals surface area contributed by atoms with Crippen LogP contribution in [0.25, 0.3) is 0 Å². The lowest BCUT2D eigenvalue weighted by molar-refractivity contribution is 0.0945. The lowest BCUT2D eigenvalue weighted by Crippen LogP contribution is -2.23. The van der Waals surface area contributed by atoms with Crippen LogP contribution in [0.4, 0.5) is 4.39 Å². The average Bonchev–Trinajstić information content (AvgIpc) is 3.28. The number of hydrogen-bond donors (Lipinski definition) is 1. The van der Waals surface area contributed by atoms with E-state index in [9.17, 15) is 9.18 Å². The van der Waals surface area contributed by atoms with E-state index in [-0.39, 0.29) is 29.8 Å². The van der Waals surface area contributed by atoms with Crippen LogP contribution in [0.5, 0.6) is 5.75 Å². The maximum Gasteiger partial charge on any atom is 0.273 e. The number of benzene rings is 1. The van der Waals surface area contributed by atoms with Crippen molar-refractivity contribution in [1.82, 2.24) is 15.3 Å².